The third-order valence-corrected chi connectivity index (χ3v) is 6.13. The van der Waals surface area contributed by atoms with E-state index < -0.39 is 11.9 Å². The number of hydrogen-bond donors (Lipinski definition) is 1. The SMILES string of the molecule is Cc1nc(-c2ccccc2)c(-c2ccccc2)n1CCCCCC(C(=O)O)c1ccccc1. The van der Waals surface area contributed by atoms with Gasteiger partial charge in [-0.05, 0) is 25.3 Å². The molecule has 1 unspecified atom stereocenters. The van der Waals surface area contributed by atoms with Crippen molar-refractivity contribution in [2.75, 3.05) is 0 Å². The normalized spacial score (nSPS) is 11.9. The highest BCUT2D eigenvalue weighted by atomic mass is 16.4. The maximum atomic E-state index is 11.8. The minimum absolute atomic E-state index is 0.439. The van der Waals surface area contributed by atoms with Gasteiger partial charge in [0.05, 0.1) is 17.3 Å². The van der Waals surface area contributed by atoms with E-state index in [2.05, 4.69) is 47.9 Å². The first-order chi connectivity index (χ1) is 16.1. The standard InChI is InChI=1S/C29H30N2O2/c1-22-30-27(24-16-8-3-9-17-24)28(25-18-10-4-11-19-25)31(22)21-13-5-12-20-26(29(32)33)23-14-6-2-7-15-23/h2-4,6-11,14-19,26H,5,12-13,20-21H2,1H3,(H,32,33). The number of aromatic nitrogens is 2. The average Bonchev–Trinajstić information content (AvgIpc) is 3.18. The molecule has 0 radical (unpaired) electrons. The fourth-order valence-corrected chi connectivity index (χ4v) is 4.44. The van der Waals surface area contributed by atoms with Crippen molar-refractivity contribution in [3.63, 3.8) is 0 Å². The van der Waals surface area contributed by atoms with Gasteiger partial charge in [-0.25, -0.2) is 4.98 Å². The van der Waals surface area contributed by atoms with Crippen LogP contribution in [0.2, 0.25) is 0 Å². The summed E-state index contributed by atoms with van der Waals surface area (Å²) in [5, 5.41) is 9.66. The van der Waals surface area contributed by atoms with Crippen molar-refractivity contribution >= 4 is 5.97 Å². The van der Waals surface area contributed by atoms with E-state index in [1.54, 1.807) is 0 Å². The molecular weight excluding hydrogens is 408 g/mol. The summed E-state index contributed by atoms with van der Waals surface area (Å²) < 4.78 is 2.31. The van der Waals surface area contributed by atoms with E-state index in [4.69, 9.17) is 4.98 Å². The number of nitrogens with zero attached hydrogens (tertiary/aromatic N) is 2. The second-order valence-electron chi connectivity index (χ2n) is 8.39. The van der Waals surface area contributed by atoms with Gasteiger partial charge in [-0.1, -0.05) is 104 Å². The molecule has 0 saturated carbocycles. The highest BCUT2D eigenvalue weighted by Gasteiger charge is 2.20. The topological polar surface area (TPSA) is 55.1 Å². The summed E-state index contributed by atoms with van der Waals surface area (Å²) in [5.74, 6) is -0.184. The van der Waals surface area contributed by atoms with Gasteiger partial charge in [0.25, 0.3) is 0 Å². The molecule has 0 aliphatic heterocycles. The van der Waals surface area contributed by atoms with Gasteiger partial charge in [0, 0.05) is 17.7 Å². The molecule has 0 spiro atoms. The van der Waals surface area contributed by atoms with E-state index in [1.165, 1.54) is 0 Å². The zero-order valence-corrected chi connectivity index (χ0v) is 19.0. The number of carboxylic acid groups (broad SMARTS) is 1. The predicted molar refractivity (Wildman–Crippen MR) is 133 cm³/mol. The largest absolute Gasteiger partial charge is 0.481 e. The monoisotopic (exact) mass is 438 g/mol. The lowest BCUT2D eigenvalue weighted by Gasteiger charge is -2.14. The van der Waals surface area contributed by atoms with E-state index in [1.807, 2.05) is 54.6 Å². The summed E-state index contributed by atoms with van der Waals surface area (Å²) in [6.07, 6.45) is 3.49. The molecule has 1 atom stereocenters. The summed E-state index contributed by atoms with van der Waals surface area (Å²) in [6, 6.07) is 30.3. The van der Waals surface area contributed by atoms with E-state index in [0.717, 1.165) is 59.7 Å². The number of carbonyl (C=O) groups is 1. The van der Waals surface area contributed by atoms with Crippen LogP contribution in [0.5, 0.6) is 0 Å². The van der Waals surface area contributed by atoms with Gasteiger partial charge in [0.15, 0.2) is 0 Å². The van der Waals surface area contributed by atoms with Gasteiger partial charge in [0.2, 0.25) is 0 Å². The first-order valence-corrected chi connectivity index (χ1v) is 11.6. The molecule has 0 amide bonds. The quantitative estimate of drug-likeness (QED) is 0.272. The minimum atomic E-state index is -0.745. The zero-order chi connectivity index (χ0) is 23.0. The summed E-state index contributed by atoms with van der Waals surface area (Å²) in [4.78, 5) is 16.7. The van der Waals surface area contributed by atoms with Crippen LogP contribution in [0, 0.1) is 6.92 Å². The van der Waals surface area contributed by atoms with Gasteiger partial charge in [0.1, 0.15) is 5.82 Å². The van der Waals surface area contributed by atoms with Crippen LogP contribution in [0.3, 0.4) is 0 Å². The lowest BCUT2D eigenvalue weighted by atomic mass is 9.93. The van der Waals surface area contributed by atoms with Crippen LogP contribution in [0.15, 0.2) is 91.0 Å². The average molecular weight is 439 g/mol. The van der Waals surface area contributed by atoms with Crippen LogP contribution in [0.4, 0.5) is 0 Å². The molecule has 0 aliphatic carbocycles. The zero-order valence-electron chi connectivity index (χ0n) is 19.0. The van der Waals surface area contributed by atoms with Crippen molar-refractivity contribution in [1.82, 2.24) is 9.55 Å². The number of aliphatic carboxylic acids is 1. The fraction of sp³-hybridized carbons (Fsp3) is 0.241. The second-order valence-corrected chi connectivity index (χ2v) is 8.39. The van der Waals surface area contributed by atoms with Crippen LogP contribution >= 0.6 is 0 Å². The van der Waals surface area contributed by atoms with Crippen LogP contribution in [-0.4, -0.2) is 20.6 Å². The van der Waals surface area contributed by atoms with Crippen LogP contribution in [0.25, 0.3) is 22.5 Å². The van der Waals surface area contributed by atoms with Crippen LogP contribution in [-0.2, 0) is 11.3 Å². The van der Waals surface area contributed by atoms with Gasteiger partial charge in [-0.3, -0.25) is 4.79 Å². The van der Waals surface area contributed by atoms with E-state index in [9.17, 15) is 9.90 Å². The molecule has 0 aliphatic rings. The number of unbranched alkanes of at least 4 members (excludes halogenated alkanes) is 2. The first-order valence-electron chi connectivity index (χ1n) is 11.6. The number of carboxylic acids is 1. The minimum Gasteiger partial charge on any atom is -0.481 e. The van der Waals surface area contributed by atoms with Gasteiger partial charge in [-0.2, -0.15) is 0 Å². The number of aryl methyl sites for hydroxylation is 1. The molecule has 168 valence electrons. The molecule has 4 aromatic rings. The summed E-state index contributed by atoms with van der Waals surface area (Å²) in [5.41, 5.74) is 5.31. The summed E-state index contributed by atoms with van der Waals surface area (Å²) >= 11 is 0. The predicted octanol–water partition coefficient (Wildman–Crippen LogP) is 6.95. The highest BCUT2D eigenvalue weighted by Crippen LogP contribution is 2.33. The number of imidazole rings is 1. The molecule has 4 heteroatoms. The van der Waals surface area contributed by atoms with E-state index >= 15 is 0 Å². The van der Waals surface area contributed by atoms with Gasteiger partial charge < -0.3 is 9.67 Å². The molecule has 1 N–H and O–H groups in total. The van der Waals surface area contributed by atoms with Crippen molar-refractivity contribution in [1.29, 1.82) is 0 Å². The summed E-state index contributed by atoms with van der Waals surface area (Å²) in [6.45, 7) is 2.92. The van der Waals surface area contributed by atoms with Crippen molar-refractivity contribution in [3.05, 3.63) is 102 Å². The Morgan fingerprint density at radius 3 is 2.00 bits per heavy atom. The lowest BCUT2D eigenvalue weighted by molar-refractivity contribution is -0.139. The highest BCUT2D eigenvalue weighted by molar-refractivity contribution is 5.79. The molecule has 4 rings (SSSR count). The van der Waals surface area contributed by atoms with Crippen LogP contribution in [0.1, 0.15) is 43.0 Å². The Kier molecular flexibility index (Phi) is 7.36. The lowest BCUT2D eigenvalue weighted by Crippen LogP contribution is -2.11. The second kappa shape index (κ2) is 10.8. The Hall–Kier alpha value is -3.66. The van der Waals surface area contributed by atoms with E-state index in [0.29, 0.717) is 6.42 Å². The van der Waals surface area contributed by atoms with Crippen molar-refractivity contribution < 1.29 is 9.90 Å². The molecule has 3 aromatic carbocycles. The van der Waals surface area contributed by atoms with Gasteiger partial charge in [-0.15, -0.1) is 0 Å². The maximum Gasteiger partial charge on any atom is 0.310 e. The first kappa shape index (κ1) is 22.5. The smallest absolute Gasteiger partial charge is 0.310 e. The molecule has 33 heavy (non-hydrogen) atoms. The number of rotatable bonds is 10. The van der Waals surface area contributed by atoms with Crippen molar-refractivity contribution in [3.8, 4) is 22.5 Å². The molecule has 1 aromatic heterocycles. The Balaban J connectivity index is 1.47. The number of benzene rings is 3. The molecule has 1 heterocycles. The summed E-state index contributed by atoms with van der Waals surface area (Å²) in [7, 11) is 0. The Morgan fingerprint density at radius 1 is 0.818 bits per heavy atom. The molecule has 0 saturated heterocycles. The Labute approximate surface area is 195 Å². The Morgan fingerprint density at radius 2 is 1.39 bits per heavy atom. The molecule has 0 fully saturated rings. The maximum absolute atomic E-state index is 11.8. The van der Waals surface area contributed by atoms with E-state index in [-0.39, 0.29) is 0 Å². The van der Waals surface area contributed by atoms with Crippen molar-refractivity contribution in [2.24, 2.45) is 0 Å². The fourth-order valence-electron chi connectivity index (χ4n) is 4.44. The van der Waals surface area contributed by atoms with Crippen LogP contribution < -0.4 is 0 Å². The molecule has 4 nitrogen and oxygen atoms in total. The molecule has 0 bridgehead atoms. The Bertz CT molecular complexity index is 1170. The third kappa shape index (κ3) is 5.40. The van der Waals surface area contributed by atoms with Crippen molar-refractivity contribution in [2.45, 2.75) is 45.1 Å². The number of hydrogen-bond acceptors (Lipinski definition) is 2. The molecular formula is C29H30N2O2. The van der Waals surface area contributed by atoms with Gasteiger partial charge >= 0.3 is 5.97 Å². The third-order valence-electron chi connectivity index (χ3n) is 6.13.